The van der Waals surface area contributed by atoms with Gasteiger partial charge in [-0.15, -0.1) is 0 Å². The molecule has 1 heterocycles. The van der Waals surface area contributed by atoms with Crippen LogP contribution < -0.4 is 10.5 Å². The number of nitrogens with two attached hydrogens (primary N) is 1. The van der Waals surface area contributed by atoms with Crippen LogP contribution in [-0.4, -0.2) is 32.5 Å². The smallest absolute Gasteiger partial charge is 0.119 e. The Morgan fingerprint density at radius 2 is 2.10 bits per heavy atom. The fourth-order valence-electron chi connectivity index (χ4n) is 2.48. The molecule has 0 radical (unpaired) electrons. The number of rotatable bonds is 6. The maximum absolute atomic E-state index is 6.27. The highest BCUT2D eigenvalue weighted by Crippen LogP contribution is 2.28. The van der Waals surface area contributed by atoms with Crippen LogP contribution in [0.4, 0.5) is 0 Å². The molecule has 1 aliphatic heterocycles. The fraction of sp³-hybridized carbons (Fsp3) is 0.625. The van der Waals surface area contributed by atoms with Crippen LogP contribution >= 0.6 is 0 Å². The van der Waals surface area contributed by atoms with Crippen molar-refractivity contribution in [1.29, 1.82) is 0 Å². The zero-order valence-corrected chi connectivity index (χ0v) is 12.4. The van der Waals surface area contributed by atoms with E-state index in [0.29, 0.717) is 0 Å². The van der Waals surface area contributed by atoms with Gasteiger partial charge in [0.25, 0.3) is 0 Å². The third-order valence-electron chi connectivity index (χ3n) is 3.79. The van der Waals surface area contributed by atoms with Crippen molar-refractivity contribution < 1.29 is 14.2 Å². The maximum atomic E-state index is 6.27. The molecule has 0 bridgehead atoms. The summed E-state index contributed by atoms with van der Waals surface area (Å²) in [6.45, 7) is 3.64. The minimum Gasteiger partial charge on any atom is -0.497 e. The van der Waals surface area contributed by atoms with Crippen molar-refractivity contribution in [3.63, 3.8) is 0 Å². The van der Waals surface area contributed by atoms with Crippen LogP contribution in [-0.2, 0) is 9.47 Å². The summed E-state index contributed by atoms with van der Waals surface area (Å²) in [5.41, 5.74) is 7.35. The summed E-state index contributed by atoms with van der Waals surface area (Å²) < 4.78 is 16.9. The molecule has 1 aliphatic rings. The van der Waals surface area contributed by atoms with E-state index in [1.165, 1.54) is 0 Å². The Balaban J connectivity index is 2.13. The first-order valence-corrected chi connectivity index (χ1v) is 7.37. The molecule has 0 aromatic heterocycles. The molecule has 1 aromatic carbocycles. The molecule has 1 fully saturated rings. The number of ether oxygens (including phenoxy) is 3. The molecular formula is C16H25NO3. The third-order valence-corrected chi connectivity index (χ3v) is 3.79. The Bertz CT molecular complexity index is 404. The Hall–Kier alpha value is -1.10. The largest absolute Gasteiger partial charge is 0.497 e. The van der Waals surface area contributed by atoms with Gasteiger partial charge in [-0.1, -0.05) is 19.1 Å². The number of hydrogen-bond donors (Lipinski definition) is 1. The molecule has 0 aliphatic carbocycles. The van der Waals surface area contributed by atoms with Crippen LogP contribution in [0.1, 0.15) is 37.9 Å². The maximum Gasteiger partial charge on any atom is 0.119 e. The average molecular weight is 279 g/mol. The molecule has 2 N–H and O–H groups in total. The van der Waals surface area contributed by atoms with Gasteiger partial charge in [-0.25, -0.2) is 0 Å². The minimum atomic E-state index is -0.0850. The third kappa shape index (κ3) is 3.95. The summed E-state index contributed by atoms with van der Waals surface area (Å²) in [6, 6.07) is 7.98. The molecule has 1 saturated heterocycles. The molecule has 0 spiro atoms. The lowest BCUT2D eigenvalue weighted by atomic mass is 9.99. The highest BCUT2D eigenvalue weighted by atomic mass is 16.5. The van der Waals surface area contributed by atoms with Gasteiger partial charge >= 0.3 is 0 Å². The second-order valence-corrected chi connectivity index (χ2v) is 5.22. The first kappa shape index (κ1) is 15.3. The fourth-order valence-corrected chi connectivity index (χ4v) is 2.48. The van der Waals surface area contributed by atoms with Gasteiger partial charge in [0.2, 0.25) is 0 Å². The second kappa shape index (κ2) is 7.62. The standard InChI is InChI=1S/C16H25NO3/c1-3-15(17)16(20-13-7-9-19-10-8-13)12-5-4-6-14(11-12)18-2/h4-6,11,13,15-16H,3,7-10,17H2,1-2H3. The predicted octanol–water partition coefficient (Wildman–Crippen LogP) is 2.67. The van der Waals surface area contributed by atoms with Crippen LogP contribution in [0.15, 0.2) is 24.3 Å². The van der Waals surface area contributed by atoms with Crippen LogP contribution in [0.25, 0.3) is 0 Å². The van der Waals surface area contributed by atoms with E-state index in [9.17, 15) is 0 Å². The second-order valence-electron chi connectivity index (χ2n) is 5.22. The molecule has 2 atom stereocenters. The van der Waals surface area contributed by atoms with Gasteiger partial charge < -0.3 is 19.9 Å². The first-order chi connectivity index (χ1) is 9.74. The van der Waals surface area contributed by atoms with E-state index >= 15 is 0 Å². The quantitative estimate of drug-likeness (QED) is 0.870. The first-order valence-electron chi connectivity index (χ1n) is 7.37. The molecule has 4 heteroatoms. The summed E-state index contributed by atoms with van der Waals surface area (Å²) in [5, 5.41) is 0. The van der Waals surface area contributed by atoms with Crippen molar-refractivity contribution in [2.24, 2.45) is 5.73 Å². The van der Waals surface area contributed by atoms with Crippen molar-refractivity contribution in [3.8, 4) is 5.75 Å². The minimum absolute atomic E-state index is 0.00930. The summed E-state index contributed by atoms with van der Waals surface area (Å²) in [7, 11) is 1.67. The molecule has 2 unspecified atom stereocenters. The number of benzene rings is 1. The van der Waals surface area contributed by atoms with Gasteiger partial charge in [0, 0.05) is 19.3 Å². The van der Waals surface area contributed by atoms with Crippen LogP contribution in [0, 0.1) is 0 Å². The van der Waals surface area contributed by atoms with E-state index < -0.39 is 0 Å². The normalized spacial score (nSPS) is 19.6. The van der Waals surface area contributed by atoms with E-state index in [0.717, 1.165) is 43.8 Å². The number of hydrogen-bond acceptors (Lipinski definition) is 4. The molecule has 2 rings (SSSR count). The average Bonchev–Trinajstić information content (AvgIpc) is 2.53. The molecule has 0 amide bonds. The SMILES string of the molecule is CCC(N)C(OC1CCOCC1)c1cccc(OC)c1. The van der Waals surface area contributed by atoms with Crippen LogP contribution in [0.2, 0.25) is 0 Å². The summed E-state index contributed by atoms with van der Waals surface area (Å²) in [6.07, 6.45) is 2.91. The lowest BCUT2D eigenvalue weighted by Crippen LogP contribution is -2.34. The number of methoxy groups -OCH3 is 1. The van der Waals surface area contributed by atoms with Crippen molar-refractivity contribution in [2.45, 2.75) is 44.4 Å². The summed E-state index contributed by atoms with van der Waals surface area (Å²) >= 11 is 0. The molecule has 4 nitrogen and oxygen atoms in total. The van der Waals surface area contributed by atoms with E-state index in [-0.39, 0.29) is 18.2 Å². The van der Waals surface area contributed by atoms with Crippen LogP contribution in [0.3, 0.4) is 0 Å². The zero-order valence-electron chi connectivity index (χ0n) is 12.4. The van der Waals surface area contributed by atoms with Gasteiger partial charge in [0.1, 0.15) is 5.75 Å². The summed E-state index contributed by atoms with van der Waals surface area (Å²) in [5.74, 6) is 0.839. The lowest BCUT2D eigenvalue weighted by Gasteiger charge is -2.31. The van der Waals surface area contributed by atoms with E-state index in [4.69, 9.17) is 19.9 Å². The Morgan fingerprint density at radius 1 is 1.35 bits per heavy atom. The highest BCUT2D eigenvalue weighted by Gasteiger charge is 2.25. The van der Waals surface area contributed by atoms with Crippen molar-refractivity contribution in [2.75, 3.05) is 20.3 Å². The van der Waals surface area contributed by atoms with Gasteiger partial charge in [-0.3, -0.25) is 0 Å². The molecule has 1 aromatic rings. The van der Waals surface area contributed by atoms with Crippen molar-refractivity contribution >= 4 is 0 Å². The Kier molecular flexibility index (Phi) is 5.83. The van der Waals surface area contributed by atoms with E-state index in [1.54, 1.807) is 7.11 Å². The highest BCUT2D eigenvalue weighted by molar-refractivity contribution is 5.30. The van der Waals surface area contributed by atoms with Gasteiger partial charge in [0.15, 0.2) is 0 Å². The van der Waals surface area contributed by atoms with E-state index in [1.807, 2.05) is 18.2 Å². The lowest BCUT2D eigenvalue weighted by molar-refractivity contribution is -0.0778. The van der Waals surface area contributed by atoms with Crippen molar-refractivity contribution in [3.05, 3.63) is 29.8 Å². The van der Waals surface area contributed by atoms with E-state index in [2.05, 4.69) is 13.0 Å². The molecular weight excluding hydrogens is 254 g/mol. The molecule has 20 heavy (non-hydrogen) atoms. The summed E-state index contributed by atoms with van der Waals surface area (Å²) in [4.78, 5) is 0. The Morgan fingerprint density at radius 3 is 2.75 bits per heavy atom. The topological polar surface area (TPSA) is 53.7 Å². The van der Waals surface area contributed by atoms with Gasteiger partial charge in [-0.2, -0.15) is 0 Å². The van der Waals surface area contributed by atoms with Crippen LogP contribution in [0.5, 0.6) is 5.75 Å². The van der Waals surface area contributed by atoms with Gasteiger partial charge in [-0.05, 0) is 37.0 Å². The molecule has 112 valence electrons. The predicted molar refractivity (Wildman–Crippen MR) is 78.9 cm³/mol. The van der Waals surface area contributed by atoms with Gasteiger partial charge in [0.05, 0.1) is 19.3 Å². The Labute approximate surface area is 121 Å². The van der Waals surface area contributed by atoms with Crippen molar-refractivity contribution in [1.82, 2.24) is 0 Å². The monoisotopic (exact) mass is 279 g/mol. The molecule has 0 saturated carbocycles. The zero-order chi connectivity index (χ0) is 14.4.